The molecule has 1 spiro atoms. The van der Waals surface area contributed by atoms with Crippen molar-refractivity contribution in [3.05, 3.63) is 70.3 Å². The van der Waals surface area contributed by atoms with Gasteiger partial charge < -0.3 is 22.9 Å². The molecule has 2 aromatic carbocycles. The standard InChI is InChI=1S/C32H38ClN2O4S/c1-21-5-3-7-29(38-2)26-11-8-24(26)17-35-19-32(14-4-6-22-15-25(33)10-12-27(22)32)20-39-30-13-9-23(16-28(30)35)31(36)34-40(37)18-21/h3,7,9-10,12-13,15-16,21,24,26,29H,4-6,8,11,14,17-20H2,1-2H3/q-1/b7-3+/t21-,24-,26+,29-,32-/m0/s1. The summed E-state index contributed by atoms with van der Waals surface area (Å²) < 4.78 is 29.4. The van der Waals surface area contributed by atoms with Crippen molar-refractivity contribution in [2.45, 2.75) is 57.0 Å². The fraction of sp³-hybridized carbons (Fsp3) is 0.531. The molecule has 0 unspecified atom stereocenters. The zero-order valence-corrected chi connectivity index (χ0v) is 24.9. The molecule has 6 nitrogen and oxygen atoms in total. The van der Waals surface area contributed by atoms with Gasteiger partial charge >= 0.3 is 0 Å². The lowest BCUT2D eigenvalue weighted by Gasteiger charge is -2.46. The molecule has 1 amide bonds. The highest BCUT2D eigenvalue weighted by molar-refractivity contribution is 7.75. The molecular weight excluding hydrogens is 544 g/mol. The molecule has 2 aliphatic carbocycles. The first kappa shape index (κ1) is 27.8. The van der Waals surface area contributed by atoms with Gasteiger partial charge in [-0.3, -0.25) is 4.79 Å². The van der Waals surface area contributed by atoms with Crippen LogP contribution in [0.1, 0.15) is 60.5 Å². The summed E-state index contributed by atoms with van der Waals surface area (Å²) in [6.45, 7) is 4.27. The topological polar surface area (TPSA) is 68.2 Å². The van der Waals surface area contributed by atoms with Crippen molar-refractivity contribution in [3.63, 3.8) is 0 Å². The minimum absolute atomic E-state index is 0.0520. The molecule has 40 heavy (non-hydrogen) atoms. The second kappa shape index (κ2) is 11.5. The maximum Gasteiger partial charge on any atom is 0.254 e. The summed E-state index contributed by atoms with van der Waals surface area (Å²) in [6, 6.07) is 11.9. The van der Waals surface area contributed by atoms with Crippen LogP contribution in [0.2, 0.25) is 5.02 Å². The van der Waals surface area contributed by atoms with E-state index in [-0.39, 0.29) is 17.4 Å². The third-order valence-corrected chi connectivity index (χ3v) is 10.8. The number of fused-ring (bicyclic) bond motifs is 4. The van der Waals surface area contributed by atoms with Crippen LogP contribution in [0, 0.1) is 17.8 Å². The van der Waals surface area contributed by atoms with E-state index in [2.05, 4.69) is 33.5 Å². The molecular formula is C32H38ClN2O4S-. The molecule has 214 valence electrons. The lowest BCUT2D eigenvalue weighted by atomic mass is 9.68. The van der Waals surface area contributed by atoms with E-state index < -0.39 is 16.5 Å². The number of carbonyl (C=O) groups is 1. The van der Waals surface area contributed by atoms with Gasteiger partial charge in [0, 0.05) is 36.2 Å². The van der Waals surface area contributed by atoms with Crippen molar-refractivity contribution >= 4 is 33.8 Å². The molecule has 8 heteroatoms. The Morgan fingerprint density at radius 3 is 2.88 bits per heavy atom. The van der Waals surface area contributed by atoms with Gasteiger partial charge in [-0.1, -0.05) is 48.4 Å². The number of ether oxygens (including phenoxy) is 2. The number of nitrogens with zero attached hydrogens (tertiary/aromatic N) is 2. The van der Waals surface area contributed by atoms with E-state index in [0.29, 0.717) is 29.8 Å². The van der Waals surface area contributed by atoms with Gasteiger partial charge in [0.1, 0.15) is 5.75 Å². The molecule has 2 aliphatic heterocycles. The fourth-order valence-electron chi connectivity index (χ4n) is 7.12. The van der Waals surface area contributed by atoms with Crippen molar-refractivity contribution in [3.8, 4) is 5.75 Å². The van der Waals surface area contributed by atoms with Gasteiger partial charge in [-0.05, 0) is 91.8 Å². The van der Waals surface area contributed by atoms with Gasteiger partial charge in [0.05, 0.1) is 18.4 Å². The van der Waals surface area contributed by atoms with Crippen molar-refractivity contribution < 1.29 is 18.5 Å². The van der Waals surface area contributed by atoms with Gasteiger partial charge in [0.25, 0.3) is 5.91 Å². The Hall–Kier alpha value is -2.35. The number of hydrogen-bond acceptors (Lipinski definition) is 6. The zero-order chi connectivity index (χ0) is 27.9. The molecule has 0 N–H and O–H groups in total. The monoisotopic (exact) mass is 581 g/mol. The summed E-state index contributed by atoms with van der Waals surface area (Å²) in [5.74, 6) is 1.74. The number of amides is 1. The molecule has 2 heterocycles. The van der Waals surface area contributed by atoms with Crippen molar-refractivity contribution in [2.24, 2.45) is 22.1 Å². The van der Waals surface area contributed by atoms with Gasteiger partial charge in [0.15, 0.2) is 0 Å². The number of benzene rings is 2. The van der Waals surface area contributed by atoms with Crippen molar-refractivity contribution in [2.75, 3.05) is 37.5 Å². The average molecular weight is 582 g/mol. The third-order valence-electron chi connectivity index (χ3n) is 9.39. The number of halogens is 1. The molecule has 6 rings (SSSR count). The second-order valence-electron chi connectivity index (χ2n) is 12.1. The van der Waals surface area contributed by atoms with E-state index in [9.17, 15) is 9.00 Å². The molecule has 0 aromatic heterocycles. The number of rotatable bonds is 1. The third kappa shape index (κ3) is 5.45. The summed E-state index contributed by atoms with van der Waals surface area (Å²) in [4.78, 5) is 15.6. The van der Waals surface area contributed by atoms with E-state index in [1.54, 1.807) is 13.2 Å². The highest BCUT2D eigenvalue weighted by atomic mass is 35.5. The predicted molar refractivity (Wildman–Crippen MR) is 160 cm³/mol. The first-order valence-electron chi connectivity index (χ1n) is 14.5. The van der Waals surface area contributed by atoms with E-state index in [1.165, 1.54) is 11.1 Å². The SMILES string of the molecule is CO[C@H]1/C=C/C[C@H](C)C[S-](=O)=NC(=O)c2ccc3c(c2)N(C[C@@H]2CC[C@H]21)C[C@@]1(CCCc2cc(Cl)ccc21)CO3. The highest BCUT2D eigenvalue weighted by Gasteiger charge is 2.44. The second-order valence-corrected chi connectivity index (χ2v) is 13.7. The molecule has 5 atom stereocenters. The van der Waals surface area contributed by atoms with Crippen LogP contribution >= 0.6 is 11.6 Å². The molecule has 4 aliphatic rings. The Balaban J connectivity index is 1.43. The first-order chi connectivity index (χ1) is 19.3. The Bertz CT molecular complexity index is 1400. The summed E-state index contributed by atoms with van der Waals surface area (Å²) in [7, 11) is 0.217. The van der Waals surface area contributed by atoms with Crippen LogP contribution in [0.15, 0.2) is 52.9 Å². The van der Waals surface area contributed by atoms with Crippen LogP contribution in [0.3, 0.4) is 0 Å². The number of methoxy groups -OCH3 is 1. The Morgan fingerprint density at radius 2 is 2.08 bits per heavy atom. The molecule has 2 aromatic rings. The molecule has 1 fully saturated rings. The van der Waals surface area contributed by atoms with E-state index in [0.717, 1.165) is 68.1 Å². The zero-order valence-electron chi connectivity index (χ0n) is 23.3. The summed E-state index contributed by atoms with van der Waals surface area (Å²) in [5, 5.41) is 0.772. The maximum atomic E-state index is 13.1. The highest BCUT2D eigenvalue weighted by Crippen LogP contribution is 2.47. The molecule has 0 saturated heterocycles. The Morgan fingerprint density at radius 1 is 1.20 bits per heavy atom. The summed E-state index contributed by atoms with van der Waals surface area (Å²) in [6.07, 6.45) is 10.6. The number of aryl methyl sites for hydroxylation is 1. The molecule has 0 radical (unpaired) electrons. The predicted octanol–water partition coefficient (Wildman–Crippen LogP) is 6.74. The minimum Gasteiger partial charge on any atom is -0.490 e. The lowest BCUT2D eigenvalue weighted by Crippen LogP contribution is -2.49. The minimum atomic E-state index is -1.58. The van der Waals surface area contributed by atoms with Gasteiger partial charge in [-0.25, -0.2) is 0 Å². The van der Waals surface area contributed by atoms with Crippen LogP contribution < -0.4 is 9.64 Å². The summed E-state index contributed by atoms with van der Waals surface area (Å²) in [5.41, 5.74) is 3.82. The summed E-state index contributed by atoms with van der Waals surface area (Å²) >= 11 is 6.40. The largest absolute Gasteiger partial charge is 0.490 e. The van der Waals surface area contributed by atoms with Crippen LogP contribution in [0.5, 0.6) is 5.75 Å². The molecule has 2 bridgehead atoms. The quantitative estimate of drug-likeness (QED) is 0.276. The maximum absolute atomic E-state index is 13.1. The van der Waals surface area contributed by atoms with Crippen molar-refractivity contribution in [1.82, 2.24) is 0 Å². The van der Waals surface area contributed by atoms with E-state index in [4.69, 9.17) is 21.1 Å². The van der Waals surface area contributed by atoms with Gasteiger partial charge in [0.2, 0.25) is 0 Å². The van der Waals surface area contributed by atoms with Gasteiger partial charge in [-0.2, -0.15) is 10.6 Å². The average Bonchev–Trinajstić information content (AvgIpc) is 3.06. The van der Waals surface area contributed by atoms with Crippen LogP contribution in [-0.4, -0.2) is 44.6 Å². The lowest BCUT2D eigenvalue weighted by molar-refractivity contribution is 0.0131. The Labute approximate surface area is 244 Å². The van der Waals surface area contributed by atoms with E-state index in [1.807, 2.05) is 25.1 Å². The number of anilines is 1. The van der Waals surface area contributed by atoms with Crippen molar-refractivity contribution in [1.29, 1.82) is 0 Å². The smallest absolute Gasteiger partial charge is 0.254 e. The first-order valence-corrected chi connectivity index (χ1v) is 16.2. The van der Waals surface area contributed by atoms with Crippen LogP contribution in [0.25, 0.3) is 0 Å². The number of hydrogen-bond donors (Lipinski definition) is 0. The normalized spacial score (nSPS) is 31.7. The van der Waals surface area contributed by atoms with Crippen LogP contribution in [0.4, 0.5) is 5.69 Å². The molecule has 1 saturated carbocycles. The number of carbonyl (C=O) groups excluding carboxylic acids is 1. The van der Waals surface area contributed by atoms with E-state index >= 15 is 0 Å². The Kier molecular flexibility index (Phi) is 7.99. The number of allylic oxidation sites excluding steroid dienone is 1. The van der Waals surface area contributed by atoms with Crippen LogP contribution in [-0.2, 0) is 31.4 Å². The van der Waals surface area contributed by atoms with Gasteiger partial charge in [-0.15, -0.1) is 0 Å². The fourth-order valence-corrected chi connectivity index (χ4v) is 8.30.